The Morgan fingerprint density at radius 3 is 2.44 bits per heavy atom. The molecule has 1 saturated heterocycles. The predicted octanol–water partition coefficient (Wildman–Crippen LogP) is 1.54. The summed E-state index contributed by atoms with van der Waals surface area (Å²) >= 11 is 0. The van der Waals surface area contributed by atoms with Crippen molar-refractivity contribution in [2.24, 2.45) is 5.73 Å². The van der Waals surface area contributed by atoms with Gasteiger partial charge in [0.05, 0.1) is 25.7 Å². The van der Waals surface area contributed by atoms with Crippen LogP contribution in [0.5, 0.6) is 5.75 Å². The highest BCUT2D eigenvalue weighted by atomic mass is 16.5. The van der Waals surface area contributed by atoms with E-state index in [9.17, 15) is 0 Å². The van der Waals surface area contributed by atoms with E-state index in [1.165, 1.54) is 16.7 Å². The number of nitrogens with two attached hydrogens (primary N) is 1. The maximum Gasteiger partial charge on any atom is 0.122 e. The zero-order chi connectivity index (χ0) is 11.8. The van der Waals surface area contributed by atoms with Gasteiger partial charge in [0, 0.05) is 6.54 Å². The monoisotopic (exact) mass is 221 g/mol. The van der Waals surface area contributed by atoms with Crippen LogP contribution >= 0.6 is 0 Å². The Morgan fingerprint density at radius 2 is 2.00 bits per heavy atom. The highest BCUT2D eigenvalue weighted by molar-refractivity contribution is 5.47. The smallest absolute Gasteiger partial charge is 0.122 e. The average Bonchev–Trinajstić information content (AvgIpc) is 2.23. The normalized spacial score (nSPS) is 18.0. The molecule has 1 fully saturated rings. The van der Waals surface area contributed by atoms with Crippen LogP contribution in [-0.4, -0.2) is 26.9 Å². The summed E-state index contributed by atoms with van der Waals surface area (Å²) in [6.07, 6.45) is 0. The molecule has 0 atom stereocenters. The summed E-state index contributed by atoms with van der Waals surface area (Å²) in [7, 11) is 1.70. The van der Waals surface area contributed by atoms with Crippen molar-refractivity contribution in [3.05, 3.63) is 28.8 Å². The van der Waals surface area contributed by atoms with Gasteiger partial charge in [-0.3, -0.25) is 0 Å². The molecule has 0 spiro atoms. The van der Waals surface area contributed by atoms with Gasteiger partial charge in [0.25, 0.3) is 0 Å². The zero-order valence-corrected chi connectivity index (χ0v) is 10.2. The number of ether oxygens (including phenoxy) is 2. The standard InChI is InChI=1S/C13H19NO2/c1-9-10(2)12(15-3)5-4-11(9)13(6-14)7-16-8-13/h4-5H,6-8,14H2,1-3H3. The second-order valence-corrected chi connectivity index (χ2v) is 4.54. The van der Waals surface area contributed by atoms with E-state index >= 15 is 0 Å². The molecule has 16 heavy (non-hydrogen) atoms. The zero-order valence-electron chi connectivity index (χ0n) is 10.2. The second kappa shape index (κ2) is 4.07. The molecule has 0 amide bonds. The van der Waals surface area contributed by atoms with E-state index in [0.717, 1.165) is 19.0 Å². The van der Waals surface area contributed by atoms with Gasteiger partial charge in [0.1, 0.15) is 5.75 Å². The Kier molecular flexibility index (Phi) is 2.91. The molecule has 1 aliphatic heterocycles. The first-order valence-corrected chi connectivity index (χ1v) is 5.57. The second-order valence-electron chi connectivity index (χ2n) is 4.54. The SMILES string of the molecule is COc1ccc(C2(CN)COC2)c(C)c1C. The average molecular weight is 221 g/mol. The van der Waals surface area contributed by atoms with Crippen LogP contribution in [0, 0.1) is 13.8 Å². The molecule has 2 rings (SSSR count). The van der Waals surface area contributed by atoms with Crippen LogP contribution in [-0.2, 0) is 10.2 Å². The van der Waals surface area contributed by atoms with Crippen LogP contribution in [0.3, 0.4) is 0 Å². The molecule has 0 bridgehead atoms. The lowest BCUT2D eigenvalue weighted by Gasteiger charge is -2.42. The van der Waals surface area contributed by atoms with Gasteiger partial charge in [-0.2, -0.15) is 0 Å². The van der Waals surface area contributed by atoms with E-state index in [0.29, 0.717) is 6.54 Å². The number of benzene rings is 1. The predicted molar refractivity (Wildman–Crippen MR) is 64.0 cm³/mol. The van der Waals surface area contributed by atoms with Crippen molar-refractivity contribution in [2.45, 2.75) is 19.3 Å². The molecule has 1 aromatic carbocycles. The van der Waals surface area contributed by atoms with Crippen molar-refractivity contribution < 1.29 is 9.47 Å². The molecular formula is C13H19NO2. The van der Waals surface area contributed by atoms with E-state index in [1.54, 1.807) is 7.11 Å². The van der Waals surface area contributed by atoms with Crippen LogP contribution in [0.25, 0.3) is 0 Å². The summed E-state index contributed by atoms with van der Waals surface area (Å²) < 4.78 is 10.6. The van der Waals surface area contributed by atoms with Crippen LogP contribution in [0.2, 0.25) is 0 Å². The molecule has 0 aromatic heterocycles. The van der Waals surface area contributed by atoms with E-state index in [2.05, 4.69) is 19.9 Å². The minimum atomic E-state index is 0.0289. The lowest BCUT2D eigenvalue weighted by atomic mass is 9.76. The summed E-state index contributed by atoms with van der Waals surface area (Å²) in [4.78, 5) is 0. The minimum Gasteiger partial charge on any atom is -0.496 e. The molecule has 3 heteroatoms. The summed E-state index contributed by atoms with van der Waals surface area (Å²) in [5.41, 5.74) is 9.68. The van der Waals surface area contributed by atoms with Gasteiger partial charge >= 0.3 is 0 Å². The summed E-state index contributed by atoms with van der Waals surface area (Å²) in [5, 5.41) is 0. The van der Waals surface area contributed by atoms with Gasteiger partial charge in [-0.25, -0.2) is 0 Å². The Labute approximate surface area is 96.5 Å². The third kappa shape index (κ3) is 1.51. The number of hydrogen-bond donors (Lipinski definition) is 1. The largest absolute Gasteiger partial charge is 0.496 e. The fourth-order valence-corrected chi connectivity index (χ4v) is 2.32. The fraction of sp³-hybridized carbons (Fsp3) is 0.538. The van der Waals surface area contributed by atoms with Crippen LogP contribution < -0.4 is 10.5 Å². The van der Waals surface area contributed by atoms with Gasteiger partial charge < -0.3 is 15.2 Å². The van der Waals surface area contributed by atoms with Crippen LogP contribution in [0.4, 0.5) is 0 Å². The van der Waals surface area contributed by atoms with Gasteiger partial charge in [0.15, 0.2) is 0 Å². The lowest BCUT2D eigenvalue weighted by molar-refractivity contribution is -0.0553. The lowest BCUT2D eigenvalue weighted by Crippen LogP contribution is -2.52. The first kappa shape index (κ1) is 11.4. The molecule has 1 aliphatic rings. The van der Waals surface area contributed by atoms with Crippen molar-refractivity contribution in [1.29, 1.82) is 0 Å². The van der Waals surface area contributed by atoms with E-state index in [4.69, 9.17) is 15.2 Å². The van der Waals surface area contributed by atoms with E-state index < -0.39 is 0 Å². The highest BCUT2D eigenvalue weighted by Crippen LogP contribution is 2.36. The molecule has 1 heterocycles. The molecule has 0 saturated carbocycles. The molecule has 0 unspecified atom stereocenters. The Balaban J connectivity index is 2.46. The fourth-order valence-electron chi connectivity index (χ4n) is 2.32. The van der Waals surface area contributed by atoms with Gasteiger partial charge in [-0.1, -0.05) is 6.07 Å². The van der Waals surface area contributed by atoms with Crippen molar-refractivity contribution in [2.75, 3.05) is 26.9 Å². The molecule has 0 aliphatic carbocycles. The highest BCUT2D eigenvalue weighted by Gasteiger charge is 2.40. The van der Waals surface area contributed by atoms with Crippen molar-refractivity contribution in [3.8, 4) is 5.75 Å². The van der Waals surface area contributed by atoms with Crippen molar-refractivity contribution in [3.63, 3.8) is 0 Å². The molecule has 3 nitrogen and oxygen atoms in total. The summed E-state index contributed by atoms with van der Waals surface area (Å²) in [6.45, 7) is 6.32. The summed E-state index contributed by atoms with van der Waals surface area (Å²) in [5.74, 6) is 0.939. The van der Waals surface area contributed by atoms with Gasteiger partial charge in [0.2, 0.25) is 0 Å². The Morgan fingerprint density at radius 1 is 1.31 bits per heavy atom. The van der Waals surface area contributed by atoms with Gasteiger partial charge in [-0.15, -0.1) is 0 Å². The minimum absolute atomic E-state index is 0.0289. The van der Waals surface area contributed by atoms with Crippen LogP contribution in [0.15, 0.2) is 12.1 Å². The molecule has 0 radical (unpaired) electrons. The van der Waals surface area contributed by atoms with Crippen molar-refractivity contribution in [1.82, 2.24) is 0 Å². The van der Waals surface area contributed by atoms with Gasteiger partial charge in [-0.05, 0) is 36.6 Å². The first-order chi connectivity index (χ1) is 7.64. The third-order valence-corrected chi connectivity index (χ3v) is 3.68. The quantitative estimate of drug-likeness (QED) is 0.842. The molecule has 88 valence electrons. The molecule has 2 N–H and O–H groups in total. The maximum atomic E-state index is 5.88. The topological polar surface area (TPSA) is 44.5 Å². The first-order valence-electron chi connectivity index (χ1n) is 5.57. The van der Waals surface area contributed by atoms with E-state index in [-0.39, 0.29) is 5.41 Å². The number of hydrogen-bond acceptors (Lipinski definition) is 3. The third-order valence-electron chi connectivity index (χ3n) is 3.68. The molecular weight excluding hydrogens is 202 g/mol. The van der Waals surface area contributed by atoms with Crippen LogP contribution in [0.1, 0.15) is 16.7 Å². The van der Waals surface area contributed by atoms with Crippen molar-refractivity contribution >= 4 is 0 Å². The summed E-state index contributed by atoms with van der Waals surface area (Å²) in [6, 6.07) is 4.14. The Bertz CT molecular complexity index is 392. The maximum absolute atomic E-state index is 5.88. The Hall–Kier alpha value is -1.06. The number of rotatable bonds is 3. The number of methoxy groups -OCH3 is 1. The van der Waals surface area contributed by atoms with E-state index in [1.807, 2.05) is 6.07 Å². The molecule has 1 aromatic rings.